The van der Waals surface area contributed by atoms with E-state index in [-0.39, 0.29) is 18.0 Å². The molecule has 2 unspecified atom stereocenters. The standard InChI is InChI=1S/C22H30ClN5O2/c1-13-12-24-6-7-28(13)22-26-20-18(8-14(23)9-19(20)30-22)21(29)25-15-10-16-4-3-5-17(11-15)27(16)2/h8-9,13,15-17,24H,3-7,10-12H2,1-2H3,(H,25,29)/t13-,15?,16?,17?/m0/s1. The molecule has 3 saturated heterocycles. The van der Waals surface area contributed by atoms with E-state index in [9.17, 15) is 4.79 Å². The molecule has 1 aromatic carbocycles. The molecule has 8 heteroatoms. The third-order valence-corrected chi connectivity index (χ3v) is 7.33. The molecule has 0 saturated carbocycles. The molecular formula is C22H30ClN5O2. The van der Waals surface area contributed by atoms with Gasteiger partial charge < -0.3 is 24.9 Å². The largest absolute Gasteiger partial charge is 0.423 e. The maximum Gasteiger partial charge on any atom is 0.298 e. The average Bonchev–Trinajstić information content (AvgIpc) is 3.12. The summed E-state index contributed by atoms with van der Waals surface area (Å²) in [5.41, 5.74) is 1.65. The molecule has 1 aromatic heterocycles. The number of halogens is 1. The molecule has 3 fully saturated rings. The van der Waals surface area contributed by atoms with Gasteiger partial charge in [0.1, 0.15) is 5.52 Å². The number of fused-ring (bicyclic) bond motifs is 3. The lowest BCUT2D eigenvalue weighted by atomic mass is 9.82. The summed E-state index contributed by atoms with van der Waals surface area (Å²) in [4.78, 5) is 22.6. The second-order valence-electron chi connectivity index (χ2n) is 9.09. The van der Waals surface area contributed by atoms with E-state index in [4.69, 9.17) is 21.0 Å². The summed E-state index contributed by atoms with van der Waals surface area (Å²) in [5, 5.41) is 7.13. The van der Waals surface area contributed by atoms with Crippen LogP contribution in [0.15, 0.2) is 16.5 Å². The van der Waals surface area contributed by atoms with Crippen LogP contribution >= 0.6 is 11.6 Å². The highest BCUT2D eigenvalue weighted by molar-refractivity contribution is 6.32. The molecule has 4 heterocycles. The molecule has 3 aliphatic rings. The van der Waals surface area contributed by atoms with Crippen LogP contribution in [-0.4, -0.2) is 66.6 Å². The summed E-state index contributed by atoms with van der Waals surface area (Å²) >= 11 is 6.33. The fourth-order valence-corrected chi connectivity index (χ4v) is 5.61. The minimum Gasteiger partial charge on any atom is -0.423 e. The molecule has 0 aliphatic carbocycles. The molecule has 30 heavy (non-hydrogen) atoms. The number of hydrogen-bond donors (Lipinski definition) is 2. The van der Waals surface area contributed by atoms with E-state index in [0.29, 0.717) is 39.8 Å². The van der Waals surface area contributed by atoms with Crippen molar-refractivity contribution in [2.24, 2.45) is 0 Å². The molecule has 5 rings (SSSR count). The molecule has 0 spiro atoms. The van der Waals surface area contributed by atoms with Crippen molar-refractivity contribution in [1.82, 2.24) is 20.5 Å². The number of aromatic nitrogens is 1. The lowest BCUT2D eigenvalue weighted by Crippen LogP contribution is -2.55. The molecule has 3 aliphatic heterocycles. The van der Waals surface area contributed by atoms with Crippen molar-refractivity contribution in [3.8, 4) is 0 Å². The fourth-order valence-electron chi connectivity index (χ4n) is 5.40. The van der Waals surface area contributed by atoms with Gasteiger partial charge in [-0.05, 0) is 45.7 Å². The number of anilines is 1. The molecule has 3 atom stereocenters. The van der Waals surface area contributed by atoms with E-state index in [2.05, 4.69) is 34.4 Å². The van der Waals surface area contributed by atoms with Crippen LogP contribution in [0.3, 0.4) is 0 Å². The van der Waals surface area contributed by atoms with Crippen molar-refractivity contribution in [2.45, 2.75) is 63.2 Å². The number of carbonyl (C=O) groups excluding carboxylic acids is 1. The average molecular weight is 432 g/mol. The number of piperazine rings is 1. The number of benzene rings is 1. The Hall–Kier alpha value is -1.83. The van der Waals surface area contributed by atoms with Gasteiger partial charge in [-0.2, -0.15) is 4.98 Å². The normalized spacial score (nSPS) is 29.9. The van der Waals surface area contributed by atoms with Crippen molar-refractivity contribution in [2.75, 3.05) is 31.6 Å². The molecular weight excluding hydrogens is 402 g/mol. The van der Waals surface area contributed by atoms with Gasteiger partial charge in [0.2, 0.25) is 0 Å². The summed E-state index contributed by atoms with van der Waals surface area (Å²) in [6, 6.07) is 5.62. The summed E-state index contributed by atoms with van der Waals surface area (Å²) in [6.45, 7) is 4.72. The molecule has 7 nitrogen and oxygen atoms in total. The highest BCUT2D eigenvalue weighted by Gasteiger charge is 2.36. The maximum absolute atomic E-state index is 13.2. The van der Waals surface area contributed by atoms with Crippen molar-refractivity contribution < 1.29 is 9.21 Å². The minimum atomic E-state index is -0.108. The molecule has 2 N–H and O–H groups in total. The van der Waals surface area contributed by atoms with E-state index in [1.165, 1.54) is 19.3 Å². The van der Waals surface area contributed by atoms with Gasteiger partial charge in [0.25, 0.3) is 11.9 Å². The van der Waals surface area contributed by atoms with Gasteiger partial charge >= 0.3 is 0 Å². The Labute approximate surface area is 182 Å². The first-order valence-corrected chi connectivity index (χ1v) is 11.5. The third kappa shape index (κ3) is 3.67. The Kier molecular flexibility index (Phi) is 5.37. The number of oxazole rings is 1. The zero-order chi connectivity index (χ0) is 20.8. The van der Waals surface area contributed by atoms with E-state index in [1.54, 1.807) is 12.1 Å². The lowest BCUT2D eigenvalue weighted by molar-refractivity contribution is 0.0463. The summed E-state index contributed by atoms with van der Waals surface area (Å²) < 4.78 is 6.03. The van der Waals surface area contributed by atoms with Gasteiger partial charge in [0, 0.05) is 54.9 Å². The highest BCUT2D eigenvalue weighted by Crippen LogP contribution is 2.33. The zero-order valence-electron chi connectivity index (χ0n) is 17.7. The van der Waals surface area contributed by atoms with Crippen LogP contribution in [0.1, 0.15) is 49.4 Å². The van der Waals surface area contributed by atoms with Crippen LogP contribution in [0, 0.1) is 0 Å². The maximum atomic E-state index is 13.2. The Morgan fingerprint density at radius 3 is 2.80 bits per heavy atom. The quantitative estimate of drug-likeness (QED) is 0.778. The monoisotopic (exact) mass is 431 g/mol. The summed E-state index contributed by atoms with van der Waals surface area (Å²) in [7, 11) is 2.22. The molecule has 0 radical (unpaired) electrons. The van der Waals surface area contributed by atoms with Gasteiger partial charge in [-0.15, -0.1) is 0 Å². The van der Waals surface area contributed by atoms with Gasteiger partial charge in [-0.25, -0.2) is 0 Å². The smallest absolute Gasteiger partial charge is 0.298 e. The molecule has 162 valence electrons. The van der Waals surface area contributed by atoms with E-state index >= 15 is 0 Å². The topological polar surface area (TPSA) is 73.6 Å². The Bertz CT molecular complexity index is 933. The number of piperidine rings is 2. The van der Waals surface area contributed by atoms with E-state index in [1.807, 2.05) is 0 Å². The number of nitrogens with one attached hydrogen (secondary N) is 2. The lowest BCUT2D eigenvalue weighted by Gasteiger charge is -2.47. The van der Waals surface area contributed by atoms with Crippen LogP contribution in [-0.2, 0) is 0 Å². The Morgan fingerprint density at radius 2 is 2.07 bits per heavy atom. The summed E-state index contributed by atoms with van der Waals surface area (Å²) in [6.07, 6.45) is 5.74. The van der Waals surface area contributed by atoms with Gasteiger partial charge in [0.05, 0.1) is 5.56 Å². The summed E-state index contributed by atoms with van der Waals surface area (Å²) in [5.74, 6) is -0.108. The van der Waals surface area contributed by atoms with Crippen LogP contribution in [0.25, 0.3) is 11.1 Å². The molecule has 2 bridgehead atoms. The minimum absolute atomic E-state index is 0.108. The fraction of sp³-hybridized carbons (Fsp3) is 0.636. The van der Waals surface area contributed by atoms with Gasteiger partial charge in [0.15, 0.2) is 5.58 Å². The molecule has 2 aromatic rings. The predicted octanol–water partition coefficient (Wildman–Crippen LogP) is 3.02. The number of nitrogens with zero attached hydrogens (tertiary/aromatic N) is 3. The van der Waals surface area contributed by atoms with Crippen molar-refractivity contribution in [3.05, 3.63) is 22.7 Å². The first-order chi connectivity index (χ1) is 14.5. The Balaban J connectivity index is 1.40. The predicted molar refractivity (Wildman–Crippen MR) is 118 cm³/mol. The van der Waals surface area contributed by atoms with Crippen LogP contribution in [0.2, 0.25) is 5.02 Å². The number of amides is 1. The Morgan fingerprint density at radius 1 is 1.30 bits per heavy atom. The van der Waals surface area contributed by atoms with Gasteiger partial charge in [-0.3, -0.25) is 4.79 Å². The van der Waals surface area contributed by atoms with E-state index < -0.39 is 0 Å². The third-order valence-electron chi connectivity index (χ3n) is 7.12. The van der Waals surface area contributed by atoms with Crippen molar-refractivity contribution >= 4 is 34.6 Å². The SMILES string of the molecule is C[C@H]1CNCCN1c1nc2c(C(=O)NC3CC4CCCC(C3)N4C)cc(Cl)cc2o1. The van der Waals surface area contributed by atoms with Crippen molar-refractivity contribution in [3.63, 3.8) is 0 Å². The van der Waals surface area contributed by atoms with E-state index in [0.717, 1.165) is 32.5 Å². The first kappa shape index (κ1) is 20.1. The number of rotatable bonds is 3. The number of hydrogen-bond acceptors (Lipinski definition) is 6. The second-order valence-corrected chi connectivity index (χ2v) is 9.53. The van der Waals surface area contributed by atoms with Crippen molar-refractivity contribution in [1.29, 1.82) is 0 Å². The highest BCUT2D eigenvalue weighted by atomic mass is 35.5. The zero-order valence-corrected chi connectivity index (χ0v) is 18.4. The van der Waals surface area contributed by atoms with Crippen LogP contribution < -0.4 is 15.5 Å². The first-order valence-electron chi connectivity index (χ1n) is 11.1. The molecule has 1 amide bonds. The van der Waals surface area contributed by atoms with Crippen LogP contribution in [0.5, 0.6) is 0 Å². The second kappa shape index (κ2) is 8.02. The number of carbonyl (C=O) groups is 1. The van der Waals surface area contributed by atoms with Gasteiger partial charge in [-0.1, -0.05) is 18.0 Å². The van der Waals surface area contributed by atoms with Crippen LogP contribution in [0.4, 0.5) is 6.01 Å².